The first kappa shape index (κ1) is 19.5. The molecule has 2 aromatic carbocycles. The minimum absolute atomic E-state index is 0.693. The summed E-state index contributed by atoms with van der Waals surface area (Å²) in [5.41, 5.74) is 6.84. The number of fused-ring (bicyclic) bond motifs is 3. The topological polar surface area (TPSA) is 66.5 Å². The van der Waals surface area contributed by atoms with Gasteiger partial charge in [0.2, 0.25) is 0 Å². The first-order valence-corrected chi connectivity index (χ1v) is 10.5. The number of methoxy groups -OCH3 is 2. The van der Waals surface area contributed by atoms with Crippen LogP contribution >= 0.6 is 0 Å². The van der Waals surface area contributed by atoms with E-state index in [1.165, 1.54) is 16.8 Å². The van der Waals surface area contributed by atoms with Gasteiger partial charge in [-0.05, 0) is 37.1 Å². The van der Waals surface area contributed by atoms with Gasteiger partial charge in [-0.3, -0.25) is 0 Å². The Morgan fingerprint density at radius 3 is 2.35 bits per heavy atom. The predicted octanol–water partition coefficient (Wildman–Crippen LogP) is 4.07. The zero-order valence-corrected chi connectivity index (χ0v) is 18.4. The molecule has 0 saturated carbocycles. The van der Waals surface area contributed by atoms with Crippen LogP contribution in [0.5, 0.6) is 11.5 Å². The van der Waals surface area contributed by atoms with Crippen molar-refractivity contribution in [1.29, 1.82) is 0 Å². The largest absolute Gasteiger partial charge is 0.493 e. The van der Waals surface area contributed by atoms with Crippen LogP contribution < -0.4 is 19.3 Å². The summed E-state index contributed by atoms with van der Waals surface area (Å²) >= 11 is 0. The molecular weight excluding hydrogens is 390 g/mol. The first-order valence-electron chi connectivity index (χ1n) is 10.5. The maximum Gasteiger partial charge on any atom is 0.162 e. The number of piperazine rings is 1. The average Bonchev–Trinajstić information content (AvgIpc) is 3.17. The Morgan fingerprint density at radius 2 is 1.61 bits per heavy atom. The van der Waals surface area contributed by atoms with Gasteiger partial charge in [0.15, 0.2) is 17.3 Å². The molecule has 1 N–H and O–H groups in total. The van der Waals surface area contributed by atoms with Gasteiger partial charge in [0.1, 0.15) is 17.4 Å². The minimum Gasteiger partial charge on any atom is -0.493 e. The summed E-state index contributed by atoms with van der Waals surface area (Å²) in [7, 11) is 3.29. The van der Waals surface area contributed by atoms with Crippen LogP contribution in [0.1, 0.15) is 11.1 Å². The van der Waals surface area contributed by atoms with E-state index in [1.807, 2.05) is 12.1 Å². The Balaban J connectivity index is 1.48. The SMILES string of the molecule is COc1cc2[nH]c3c(N4CCN(c5cccc(C)c5C)CC4)ncnc3c2cc1OC. The van der Waals surface area contributed by atoms with Crippen LogP contribution in [0.15, 0.2) is 36.7 Å². The molecule has 0 radical (unpaired) electrons. The second-order valence-corrected chi connectivity index (χ2v) is 7.99. The monoisotopic (exact) mass is 417 g/mol. The van der Waals surface area contributed by atoms with E-state index in [2.05, 4.69) is 56.8 Å². The lowest BCUT2D eigenvalue weighted by Gasteiger charge is -2.37. The summed E-state index contributed by atoms with van der Waals surface area (Å²) in [5.74, 6) is 2.33. The Labute approximate surface area is 181 Å². The third kappa shape index (κ3) is 3.21. The van der Waals surface area contributed by atoms with Gasteiger partial charge in [-0.1, -0.05) is 12.1 Å². The molecule has 0 bridgehead atoms. The first-order chi connectivity index (χ1) is 15.1. The molecule has 2 aromatic heterocycles. The van der Waals surface area contributed by atoms with Crippen molar-refractivity contribution in [1.82, 2.24) is 15.0 Å². The van der Waals surface area contributed by atoms with Gasteiger partial charge in [0.05, 0.1) is 19.7 Å². The van der Waals surface area contributed by atoms with Gasteiger partial charge in [0, 0.05) is 43.3 Å². The van der Waals surface area contributed by atoms with Crippen LogP contribution in [0.3, 0.4) is 0 Å². The van der Waals surface area contributed by atoms with Gasteiger partial charge in [0.25, 0.3) is 0 Å². The summed E-state index contributed by atoms with van der Waals surface area (Å²) in [4.78, 5) is 17.5. The highest BCUT2D eigenvalue weighted by molar-refractivity contribution is 6.09. The zero-order valence-electron chi connectivity index (χ0n) is 18.4. The second-order valence-electron chi connectivity index (χ2n) is 7.99. The maximum atomic E-state index is 5.48. The summed E-state index contributed by atoms with van der Waals surface area (Å²) in [5, 5.41) is 1.00. The van der Waals surface area contributed by atoms with E-state index in [9.17, 15) is 0 Å². The van der Waals surface area contributed by atoms with E-state index < -0.39 is 0 Å². The molecule has 1 aliphatic rings. The lowest BCUT2D eigenvalue weighted by Crippen LogP contribution is -2.47. The molecule has 5 rings (SSSR count). The van der Waals surface area contributed by atoms with Gasteiger partial charge >= 0.3 is 0 Å². The van der Waals surface area contributed by atoms with Crippen molar-refractivity contribution in [2.75, 3.05) is 50.2 Å². The molecule has 1 aliphatic heterocycles. The molecular formula is C24H27N5O2. The van der Waals surface area contributed by atoms with Gasteiger partial charge in [-0.15, -0.1) is 0 Å². The fourth-order valence-corrected chi connectivity index (χ4v) is 4.49. The smallest absolute Gasteiger partial charge is 0.162 e. The molecule has 0 atom stereocenters. The van der Waals surface area contributed by atoms with E-state index in [0.29, 0.717) is 11.5 Å². The Bertz CT molecular complexity index is 1260. The van der Waals surface area contributed by atoms with E-state index >= 15 is 0 Å². The molecule has 7 heteroatoms. The number of anilines is 2. The van der Waals surface area contributed by atoms with Crippen molar-refractivity contribution >= 4 is 33.4 Å². The molecule has 1 saturated heterocycles. The lowest BCUT2D eigenvalue weighted by molar-refractivity contribution is 0.356. The van der Waals surface area contributed by atoms with Crippen molar-refractivity contribution in [2.45, 2.75) is 13.8 Å². The third-order valence-electron chi connectivity index (χ3n) is 6.36. The summed E-state index contributed by atoms with van der Waals surface area (Å²) in [6, 6.07) is 10.5. The number of aryl methyl sites for hydroxylation is 1. The van der Waals surface area contributed by atoms with Crippen molar-refractivity contribution in [3.8, 4) is 11.5 Å². The van der Waals surface area contributed by atoms with Crippen molar-refractivity contribution in [3.63, 3.8) is 0 Å². The highest BCUT2D eigenvalue weighted by Gasteiger charge is 2.23. The Morgan fingerprint density at radius 1 is 0.903 bits per heavy atom. The Kier molecular flexibility index (Phi) is 4.81. The number of hydrogen-bond acceptors (Lipinski definition) is 6. The molecule has 31 heavy (non-hydrogen) atoms. The van der Waals surface area contributed by atoms with Crippen LogP contribution in [-0.2, 0) is 0 Å². The number of aromatic amines is 1. The number of rotatable bonds is 4. The van der Waals surface area contributed by atoms with E-state index in [0.717, 1.165) is 53.9 Å². The van der Waals surface area contributed by atoms with Crippen molar-refractivity contribution in [2.24, 2.45) is 0 Å². The standard InChI is InChI=1S/C24H27N5O2/c1-15-6-5-7-19(16(15)2)28-8-10-29(11-9-28)24-23-22(25-14-26-24)17-12-20(30-3)21(31-4)13-18(17)27-23/h5-7,12-14,27H,8-11H2,1-4H3. The minimum atomic E-state index is 0.693. The number of nitrogens with one attached hydrogen (secondary N) is 1. The van der Waals surface area contributed by atoms with Crippen LogP contribution in [0.2, 0.25) is 0 Å². The highest BCUT2D eigenvalue weighted by Crippen LogP contribution is 2.37. The normalized spacial score (nSPS) is 14.5. The maximum absolute atomic E-state index is 5.48. The number of nitrogens with zero attached hydrogens (tertiary/aromatic N) is 4. The third-order valence-corrected chi connectivity index (χ3v) is 6.36. The summed E-state index contributed by atoms with van der Waals surface area (Å²) < 4.78 is 10.9. The fourth-order valence-electron chi connectivity index (χ4n) is 4.49. The molecule has 7 nitrogen and oxygen atoms in total. The molecule has 3 heterocycles. The number of benzene rings is 2. The van der Waals surface area contributed by atoms with E-state index in [4.69, 9.17) is 9.47 Å². The quantitative estimate of drug-likeness (QED) is 0.540. The van der Waals surface area contributed by atoms with Gasteiger partial charge in [-0.25, -0.2) is 9.97 Å². The van der Waals surface area contributed by atoms with E-state index in [-0.39, 0.29) is 0 Å². The second kappa shape index (κ2) is 7.65. The van der Waals surface area contributed by atoms with Crippen LogP contribution in [-0.4, -0.2) is 55.4 Å². The lowest BCUT2D eigenvalue weighted by atomic mass is 10.1. The number of ether oxygens (including phenoxy) is 2. The van der Waals surface area contributed by atoms with Crippen LogP contribution in [0, 0.1) is 13.8 Å². The summed E-state index contributed by atoms with van der Waals surface area (Å²) in [6.45, 7) is 8.10. The number of aromatic nitrogens is 3. The van der Waals surface area contributed by atoms with Crippen molar-refractivity contribution in [3.05, 3.63) is 47.8 Å². The fraction of sp³-hybridized carbons (Fsp3) is 0.333. The van der Waals surface area contributed by atoms with Crippen LogP contribution in [0.25, 0.3) is 21.9 Å². The molecule has 1 fully saturated rings. The average molecular weight is 418 g/mol. The van der Waals surface area contributed by atoms with Gasteiger partial charge in [-0.2, -0.15) is 0 Å². The van der Waals surface area contributed by atoms with E-state index in [1.54, 1.807) is 20.5 Å². The molecule has 0 unspecified atom stereocenters. The summed E-state index contributed by atoms with van der Waals surface area (Å²) in [6.07, 6.45) is 1.65. The predicted molar refractivity (Wildman–Crippen MR) is 125 cm³/mol. The molecule has 0 spiro atoms. The van der Waals surface area contributed by atoms with Crippen LogP contribution in [0.4, 0.5) is 11.5 Å². The van der Waals surface area contributed by atoms with Gasteiger partial charge < -0.3 is 24.3 Å². The molecule has 0 amide bonds. The number of hydrogen-bond donors (Lipinski definition) is 1. The van der Waals surface area contributed by atoms with Crippen molar-refractivity contribution < 1.29 is 9.47 Å². The molecule has 4 aromatic rings. The number of H-pyrrole nitrogens is 1. The Hall–Kier alpha value is -3.48. The molecule has 160 valence electrons. The molecule has 0 aliphatic carbocycles. The zero-order chi connectivity index (χ0) is 21.5. The highest BCUT2D eigenvalue weighted by atomic mass is 16.5.